The summed E-state index contributed by atoms with van der Waals surface area (Å²) in [7, 11) is 0. The molecule has 2 nitrogen and oxygen atoms in total. The predicted molar refractivity (Wildman–Crippen MR) is 53.9 cm³/mol. The van der Waals surface area contributed by atoms with E-state index in [-0.39, 0.29) is 0 Å². The minimum atomic E-state index is 0.302. The first kappa shape index (κ1) is 8.16. The summed E-state index contributed by atoms with van der Waals surface area (Å²) in [5.74, 6) is 1.83. The van der Waals surface area contributed by atoms with Gasteiger partial charge in [-0.25, -0.2) is 0 Å². The van der Waals surface area contributed by atoms with Gasteiger partial charge >= 0.3 is 0 Å². The standard InChI is InChI=1S/C12H14O2/c1-12(2)4-3-8-5-10-11(6-9(8)12)14-7-13-10/h5-6H,3-4,7H2,1-2H3. The van der Waals surface area contributed by atoms with E-state index in [0.717, 1.165) is 11.5 Å². The van der Waals surface area contributed by atoms with E-state index in [0.29, 0.717) is 12.2 Å². The molecule has 0 saturated carbocycles. The summed E-state index contributed by atoms with van der Waals surface area (Å²) in [6, 6.07) is 4.30. The fourth-order valence-corrected chi connectivity index (χ4v) is 2.40. The van der Waals surface area contributed by atoms with Gasteiger partial charge in [0.1, 0.15) is 0 Å². The fraction of sp³-hybridized carbons (Fsp3) is 0.500. The van der Waals surface area contributed by atoms with Crippen LogP contribution in [-0.4, -0.2) is 6.79 Å². The lowest BCUT2D eigenvalue weighted by Gasteiger charge is -2.18. The maximum absolute atomic E-state index is 5.39. The molecule has 0 bridgehead atoms. The lowest BCUT2D eigenvalue weighted by atomic mass is 9.86. The molecule has 2 aliphatic rings. The summed E-state index contributed by atoms with van der Waals surface area (Å²) in [6.07, 6.45) is 2.39. The molecule has 1 heterocycles. The van der Waals surface area contributed by atoms with Gasteiger partial charge in [0.2, 0.25) is 6.79 Å². The SMILES string of the molecule is CC1(C)CCc2cc3c(cc21)OCO3. The quantitative estimate of drug-likeness (QED) is 0.626. The second kappa shape index (κ2) is 2.44. The van der Waals surface area contributed by atoms with Crippen molar-refractivity contribution in [3.05, 3.63) is 23.3 Å². The van der Waals surface area contributed by atoms with E-state index >= 15 is 0 Å². The van der Waals surface area contributed by atoms with Crippen molar-refractivity contribution in [2.75, 3.05) is 6.79 Å². The first-order valence-electron chi connectivity index (χ1n) is 5.10. The third-order valence-corrected chi connectivity index (χ3v) is 3.35. The zero-order chi connectivity index (χ0) is 9.76. The third kappa shape index (κ3) is 0.969. The van der Waals surface area contributed by atoms with E-state index in [9.17, 15) is 0 Å². The maximum atomic E-state index is 5.39. The Kier molecular flexibility index (Phi) is 1.42. The molecule has 0 N–H and O–H groups in total. The smallest absolute Gasteiger partial charge is 0.231 e. The minimum Gasteiger partial charge on any atom is -0.454 e. The van der Waals surface area contributed by atoms with Crippen molar-refractivity contribution in [1.29, 1.82) is 0 Å². The Morgan fingerprint density at radius 1 is 1.14 bits per heavy atom. The number of aryl methyl sites for hydroxylation is 1. The highest BCUT2D eigenvalue weighted by atomic mass is 16.7. The zero-order valence-electron chi connectivity index (χ0n) is 8.59. The number of hydrogen-bond donors (Lipinski definition) is 0. The van der Waals surface area contributed by atoms with E-state index in [1.807, 2.05) is 0 Å². The average Bonchev–Trinajstić information content (AvgIpc) is 2.69. The molecule has 0 radical (unpaired) electrons. The lowest BCUT2D eigenvalue weighted by Crippen LogP contribution is -2.11. The van der Waals surface area contributed by atoms with Crippen LogP contribution in [0.2, 0.25) is 0 Å². The molecular weight excluding hydrogens is 176 g/mol. The van der Waals surface area contributed by atoms with Crippen molar-refractivity contribution in [1.82, 2.24) is 0 Å². The van der Waals surface area contributed by atoms with Gasteiger partial charge < -0.3 is 9.47 Å². The highest BCUT2D eigenvalue weighted by molar-refractivity contribution is 5.52. The molecule has 0 saturated heterocycles. The molecule has 0 unspecified atom stereocenters. The summed E-state index contributed by atoms with van der Waals surface area (Å²) >= 11 is 0. The molecule has 14 heavy (non-hydrogen) atoms. The zero-order valence-corrected chi connectivity index (χ0v) is 8.59. The Balaban J connectivity index is 2.18. The summed E-state index contributed by atoms with van der Waals surface area (Å²) in [5, 5.41) is 0. The first-order valence-corrected chi connectivity index (χ1v) is 5.10. The minimum absolute atomic E-state index is 0.302. The summed E-state index contributed by atoms with van der Waals surface area (Å²) in [6.45, 7) is 4.96. The second-order valence-electron chi connectivity index (χ2n) is 4.75. The molecule has 0 spiro atoms. The molecule has 1 aliphatic heterocycles. The van der Waals surface area contributed by atoms with E-state index < -0.39 is 0 Å². The third-order valence-electron chi connectivity index (χ3n) is 3.35. The Morgan fingerprint density at radius 2 is 1.86 bits per heavy atom. The van der Waals surface area contributed by atoms with Crippen LogP contribution in [0.3, 0.4) is 0 Å². The Morgan fingerprint density at radius 3 is 2.64 bits per heavy atom. The Hall–Kier alpha value is -1.18. The van der Waals surface area contributed by atoms with Gasteiger partial charge in [-0.1, -0.05) is 13.8 Å². The molecule has 0 aromatic heterocycles. The molecule has 2 heteroatoms. The summed E-state index contributed by atoms with van der Waals surface area (Å²) in [5.41, 5.74) is 3.16. The van der Waals surface area contributed by atoms with Gasteiger partial charge in [-0.3, -0.25) is 0 Å². The van der Waals surface area contributed by atoms with Crippen LogP contribution in [0.4, 0.5) is 0 Å². The topological polar surface area (TPSA) is 18.5 Å². The van der Waals surface area contributed by atoms with Gasteiger partial charge in [-0.05, 0) is 41.5 Å². The second-order valence-corrected chi connectivity index (χ2v) is 4.75. The van der Waals surface area contributed by atoms with E-state index in [1.54, 1.807) is 0 Å². The van der Waals surface area contributed by atoms with E-state index in [4.69, 9.17) is 9.47 Å². The maximum Gasteiger partial charge on any atom is 0.231 e. The van der Waals surface area contributed by atoms with Crippen molar-refractivity contribution in [3.63, 3.8) is 0 Å². The molecule has 1 aliphatic carbocycles. The number of rotatable bonds is 0. The molecule has 1 aromatic rings. The Labute approximate surface area is 83.8 Å². The van der Waals surface area contributed by atoms with Gasteiger partial charge in [-0.2, -0.15) is 0 Å². The molecule has 0 atom stereocenters. The largest absolute Gasteiger partial charge is 0.454 e. The average molecular weight is 190 g/mol. The van der Waals surface area contributed by atoms with Crippen LogP contribution in [0.1, 0.15) is 31.4 Å². The fourth-order valence-electron chi connectivity index (χ4n) is 2.40. The van der Waals surface area contributed by atoms with Crippen LogP contribution >= 0.6 is 0 Å². The number of ether oxygens (including phenoxy) is 2. The van der Waals surface area contributed by atoms with Gasteiger partial charge in [0.15, 0.2) is 11.5 Å². The first-order chi connectivity index (χ1) is 6.67. The molecule has 0 fully saturated rings. The molecule has 3 rings (SSSR count). The normalized spacial score (nSPS) is 21.0. The highest BCUT2D eigenvalue weighted by Crippen LogP contribution is 2.44. The predicted octanol–water partition coefficient (Wildman–Crippen LogP) is 2.64. The van der Waals surface area contributed by atoms with Crippen molar-refractivity contribution in [2.45, 2.75) is 32.1 Å². The van der Waals surface area contributed by atoms with Crippen molar-refractivity contribution in [3.8, 4) is 11.5 Å². The van der Waals surface area contributed by atoms with Crippen molar-refractivity contribution >= 4 is 0 Å². The number of hydrogen-bond acceptors (Lipinski definition) is 2. The summed E-state index contributed by atoms with van der Waals surface area (Å²) in [4.78, 5) is 0. The van der Waals surface area contributed by atoms with Crippen LogP contribution in [0, 0.1) is 0 Å². The van der Waals surface area contributed by atoms with Gasteiger partial charge in [0, 0.05) is 0 Å². The van der Waals surface area contributed by atoms with E-state index in [1.165, 1.54) is 24.0 Å². The monoisotopic (exact) mass is 190 g/mol. The highest BCUT2D eigenvalue weighted by Gasteiger charge is 2.32. The molecule has 74 valence electrons. The molecular formula is C12H14O2. The molecule has 0 amide bonds. The number of benzene rings is 1. The summed E-state index contributed by atoms with van der Waals surface area (Å²) < 4.78 is 10.8. The van der Waals surface area contributed by atoms with Crippen molar-refractivity contribution < 1.29 is 9.47 Å². The van der Waals surface area contributed by atoms with Gasteiger partial charge in [0.25, 0.3) is 0 Å². The van der Waals surface area contributed by atoms with Crippen LogP contribution in [0.15, 0.2) is 12.1 Å². The van der Waals surface area contributed by atoms with Gasteiger partial charge in [0.05, 0.1) is 0 Å². The van der Waals surface area contributed by atoms with Crippen molar-refractivity contribution in [2.24, 2.45) is 0 Å². The number of fused-ring (bicyclic) bond motifs is 2. The van der Waals surface area contributed by atoms with Gasteiger partial charge in [-0.15, -0.1) is 0 Å². The van der Waals surface area contributed by atoms with Crippen LogP contribution in [0.5, 0.6) is 11.5 Å². The van der Waals surface area contributed by atoms with Crippen LogP contribution in [-0.2, 0) is 11.8 Å². The Bertz CT molecular complexity index is 394. The van der Waals surface area contributed by atoms with Crippen LogP contribution < -0.4 is 9.47 Å². The molecule has 1 aromatic carbocycles. The lowest BCUT2D eigenvalue weighted by molar-refractivity contribution is 0.174. The van der Waals surface area contributed by atoms with Crippen LogP contribution in [0.25, 0.3) is 0 Å². The van der Waals surface area contributed by atoms with E-state index in [2.05, 4.69) is 26.0 Å².